The van der Waals surface area contributed by atoms with Crippen molar-refractivity contribution in [2.75, 3.05) is 25.0 Å². The van der Waals surface area contributed by atoms with E-state index < -0.39 is 17.6 Å². The average Bonchev–Trinajstić information content (AvgIpc) is 3.25. The Bertz CT molecular complexity index is 1030. The zero-order chi connectivity index (χ0) is 21.1. The molecule has 3 aromatic rings. The number of pyridine rings is 1. The van der Waals surface area contributed by atoms with Gasteiger partial charge in [-0.1, -0.05) is 12.1 Å². The third kappa shape index (κ3) is 5.40. The van der Waals surface area contributed by atoms with Gasteiger partial charge in [0.1, 0.15) is 0 Å². The molecule has 31 heavy (non-hydrogen) atoms. The molecular formula is C20H19ClF3N5O2. The molecule has 0 spiro atoms. The molecule has 1 amide bonds. The maximum absolute atomic E-state index is 12.9. The van der Waals surface area contributed by atoms with Gasteiger partial charge in [-0.15, -0.1) is 12.4 Å². The first kappa shape index (κ1) is 22.7. The number of nitrogens with zero attached hydrogens (tertiary/aromatic N) is 3. The zero-order valence-corrected chi connectivity index (χ0v) is 16.9. The lowest BCUT2D eigenvalue weighted by Gasteiger charge is -2.24. The number of nitrogens with one attached hydrogen (secondary N) is 2. The van der Waals surface area contributed by atoms with E-state index in [1.54, 1.807) is 12.1 Å². The molecule has 1 aliphatic heterocycles. The van der Waals surface area contributed by atoms with E-state index in [2.05, 4.69) is 20.7 Å². The molecule has 0 bridgehead atoms. The number of alkyl halides is 3. The topological polar surface area (TPSA) is 81.1 Å². The number of carbonyl (C=O) groups excluding carboxylic acids is 1. The van der Waals surface area contributed by atoms with Gasteiger partial charge in [0.05, 0.1) is 30.0 Å². The van der Waals surface area contributed by atoms with E-state index in [9.17, 15) is 18.0 Å². The van der Waals surface area contributed by atoms with Crippen LogP contribution in [0.5, 0.6) is 0 Å². The van der Waals surface area contributed by atoms with E-state index in [0.29, 0.717) is 12.3 Å². The van der Waals surface area contributed by atoms with Crippen LogP contribution in [0.2, 0.25) is 0 Å². The van der Waals surface area contributed by atoms with Crippen molar-refractivity contribution in [3.05, 3.63) is 71.7 Å². The molecule has 1 aromatic carbocycles. The third-order valence-electron chi connectivity index (χ3n) is 4.62. The lowest BCUT2D eigenvalue weighted by Crippen LogP contribution is -2.33. The van der Waals surface area contributed by atoms with Crippen molar-refractivity contribution in [3.8, 4) is 5.82 Å². The molecule has 11 heteroatoms. The minimum Gasteiger partial charge on any atom is -0.371 e. The number of rotatable bonds is 4. The first-order valence-corrected chi connectivity index (χ1v) is 9.22. The Labute approximate surface area is 182 Å². The number of hydrogen-bond acceptors (Lipinski definition) is 5. The molecular weight excluding hydrogens is 435 g/mol. The quantitative estimate of drug-likeness (QED) is 0.630. The molecule has 1 aliphatic rings. The standard InChI is InChI=1S/C20H18F3N5O2.ClH/c21-20(22,23)15-5-6-25-18(9-15)28-12-14(10-26-28)19(29)27-16-3-1-13(2-4-16)17-11-24-7-8-30-17;/h1-6,9-10,12,17,24H,7-8,11H2,(H,27,29);1H. The van der Waals surface area contributed by atoms with Gasteiger partial charge in [0.15, 0.2) is 5.82 Å². The maximum Gasteiger partial charge on any atom is 0.416 e. The van der Waals surface area contributed by atoms with Crippen LogP contribution >= 0.6 is 12.4 Å². The highest BCUT2D eigenvalue weighted by Gasteiger charge is 2.31. The summed E-state index contributed by atoms with van der Waals surface area (Å²) in [7, 11) is 0. The van der Waals surface area contributed by atoms with Gasteiger partial charge in [-0.25, -0.2) is 9.67 Å². The van der Waals surface area contributed by atoms with Crippen LogP contribution in [-0.4, -0.2) is 40.4 Å². The SMILES string of the molecule is Cl.O=C(Nc1ccc(C2CNCCO2)cc1)c1cnn(-c2cc(C(F)(F)F)ccn2)c1. The van der Waals surface area contributed by atoms with E-state index in [0.717, 1.165) is 41.7 Å². The average molecular weight is 454 g/mol. The lowest BCUT2D eigenvalue weighted by molar-refractivity contribution is -0.137. The smallest absolute Gasteiger partial charge is 0.371 e. The van der Waals surface area contributed by atoms with Crippen LogP contribution in [0.1, 0.15) is 27.6 Å². The molecule has 0 saturated carbocycles. The fourth-order valence-corrected chi connectivity index (χ4v) is 3.05. The predicted molar refractivity (Wildman–Crippen MR) is 110 cm³/mol. The Morgan fingerprint density at radius 1 is 1.23 bits per heavy atom. The summed E-state index contributed by atoms with van der Waals surface area (Å²) in [5.41, 5.74) is 0.936. The van der Waals surface area contributed by atoms with Crippen LogP contribution in [-0.2, 0) is 10.9 Å². The van der Waals surface area contributed by atoms with Crippen molar-refractivity contribution >= 4 is 24.0 Å². The molecule has 7 nitrogen and oxygen atoms in total. The largest absolute Gasteiger partial charge is 0.416 e. The summed E-state index contributed by atoms with van der Waals surface area (Å²) in [4.78, 5) is 16.4. The maximum atomic E-state index is 12.9. The molecule has 1 atom stereocenters. The van der Waals surface area contributed by atoms with Gasteiger partial charge < -0.3 is 15.4 Å². The van der Waals surface area contributed by atoms with Crippen molar-refractivity contribution in [3.63, 3.8) is 0 Å². The Balaban J connectivity index is 0.00000272. The van der Waals surface area contributed by atoms with Crippen LogP contribution in [0.3, 0.4) is 0 Å². The molecule has 3 heterocycles. The van der Waals surface area contributed by atoms with Gasteiger partial charge >= 0.3 is 6.18 Å². The molecule has 1 saturated heterocycles. The van der Waals surface area contributed by atoms with E-state index >= 15 is 0 Å². The van der Waals surface area contributed by atoms with Crippen molar-refractivity contribution in [1.82, 2.24) is 20.1 Å². The summed E-state index contributed by atoms with van der Waals surface area (Å²) in [6, 6.07) is 9.04. The Morgan fingerprint density at radius 2 is 2.00 bits per heavy atom. The number of carbonyl (C=O) groups is 1. The molecule has 0 aliphatic carbocycles. The number of hydrogen-bond donors (Lipinski definition) is 2. The summed E-state index contributed by atoms with van der Waals surface area (Å²) in [6.07, 6.45) is -0.870. The highest BCUT2D eigenvalue weighted by Crippen LogP contribution is 2.29. The Morgan fingerprint density at radius 3 is 2.68 bits per heavy atom. The van der Waals surface area contributed by atoms with Crippen molar-refractivity contribution < 1.29 is 22.7 Å². The highest BCUT2D eigenvalue weighted by molar-refractivity contribution is 6.03. The third-order valence-corrected chi connectivity index (χ3v) is 4.62. The van der Waals surface area contributed by atoms with Gasteiger partial charge in [0.25, 0.3) is 5.91 Å². The fourth-order valence-electron chi connectivity index (χ4n) is 3.05. The van der Waals surface area contributed by atoms with Gasteiger partial charge in [-0.3, -0.25) is 4.79 Å². The zero-order valence-electron chi connectivity index (χ0n) is 16.1. The van der Waals surface area contributed by atoms with E-state index in [1.165, 1.54) is 12.4 Å². The van der Waals surface area contributed by atoms with Gasteiger partial charge in [-0.2, -0.15) is 18.3 Å². The monoisotopic (exact) mass is 453 g/mol. The first-order valence-electron chi connectivity index (χ1n) is 9.22. The Kier molecular flexibility index (Phi) is 6.94. The first-order chi connectivity index (χ1) is 14.4. The summed E-state index contributed by atoms with van der Waals surface area (Å²) in [5, 5.41) is 9.95. The van der Waals surface area contributed by atoms with Crippen LogP contribution in [0, 0.1) is 0 Å². The minimum atomic E-state index is -4.49. The number of anilines is 1. The summed E-state index contributed by atoms with van der Waals surface area (Å²) >= 11 is 0. The van der Waals surface area contributed by atoms with Crippen molar-refractivity contribution in [2.45, 2.75) is 12.3 Å². The minimum absolute atomic E-state index is 0. The number of aromatic nitrogens is 3. The van der Waals surface area contributed by atoms with Gasteiger partial charge in [-0.05, 0) is 29.8 Å². The van der Waals surface area contributed by atoms with Crippen LogP contribution in [0.15, 0.2) is 55.0 Å². The molecule has 1 unspecified atom stereocenters. The summed E-state index contributed by atoms with van der Waals surface area (Å²) < 4.78 is 45.4. The van der Waals surface area contributed by atoms with E-state index in [4.69, 9.17) is 4.74 Å². The fraction of sp³-hybridized carbons (Fsp3) is 0.250. The predicted octanol–water partition coefficient (Wildman–Crippen LogP) is 3.62. The van der Waals surface area contributed by atoms with Crippen LogP contribution in [0.4, 0.5) is 18.9 Å². The second-order valence-corrected chi connectivity index (χ2v) is 6.71. The molecule has 2 aromatic heterocycles. The van der Waals surface area contributed by atoms with E-state index in [-0.39, 0.29) is 29.9 Å². The van der Waals surface area contributed by atoms with Crippen molar-refractivity contribution in [2.24, 2.45) is 0 Å². The molecule has 0 radical (unpaired) electrons. The number of amides is 1. The lowest BCUT2D eigenvalue weighted by atomic mass is 10.1. The van der Waals surface area contributed by atoms with Crippen LogP contribution < -0.4 is 10.6 Å². The molecule has 2 N–H and O–H groups in total. The molecule has 1 fully saturated rings. The Hall–Kier alpha value is -2.95. The summed E-state index contributed by atoms with van der Waals surface area (Å²) in [5.74, 6) is -0.467. The van der Waals surface area contributed by atoms with E-state index in [1.807, 2.05) is 12.1 Å². The number of ether oxygens (including phenoxy) is 1. The number of benzene rings is 1. The highest BCUT2D eigenvalue weighted by atomic mass is 35.5. The van der Waals surface area contributed by atoms with Crippen molar-refractivity contribution in [1.29, 1.82) is 0 Å². The summed E-state index contributed by atoms with van der Waals surface area (Å²) in [6.45, 7) is 2.21. The second kappa shape index (κ2) is 9.46. The second-order valence-electron chi connectivity index (χ2n) is 6.71. The number of halogens is 4. The number of morpholine rings is 1. The molecule has 164 valence electrons. The molecule has 4 rings (SSSR count). The normalized spacial score (nSPS) is 16.4. The van der Waals surface area contributed by atoms with Gasteiger partial charge in [0.2, 0.25) is 0 Å². The van der Waals surface area contributed by atoms with Gasteiger partial charge in [0, 0.05) is 31.2 Å². The van der Waals surface area contributed by atoms with Crippen LogP contribution in [0.25, 0.3) is 5.82 Å².